The van der Waals surface area contributed by atoms with Gasteiger partial charge in [0.15, 0.2) is 0 Å². The lowest BCUT2D eigenvalue weighted by Gasteiger charge is -2.10. The number of anilines is 3. The fraction of sp³-hybridized carbons (Fsp3) is 0.100. The number of methoxy groups -OCH3 is 1. The minimum atomic E-state index is -0.268. The van der Waals surface area contributed by atoms with Gasteiger partial charge < -0.3 is 15.4 Å². The number of pyridine rings is 1. The van der Waals surface area contributed by atoms with Gasteiger partial charge in [0.25, 0.3) is 5.91 Å². The Hall–Kier alpha value is -3.34. The molecule has 0 fully saturated rings. The summed E-state index contributed by atoms with van der Waals surface area (Å²) in [5.41, 5.74) is 3.99. The molecule has 1 heterocycles. The minimum absolute atomic E-state index is 0.268. The second kappa shape index (κ2) is 7.49. The summed E-state index contributed by atoms with van der Waals surface area (Å²) in [5, 5.41) is 6.10. The first kappa shape index (κ1) is 16.5. The van der Waals surface area contributed by atoms with Crippen LogP contribution in [0.4, 0.5) is 17.1 Å². The van der Waals surface area contributed by atoms with Gasteiger partial charge >= 0.3 is 0 Å². The Morgan fingerprint density at radius 1 is 1.00 bits per heavy atom. The molecule has 0 radical (unpaired) electrons. The van der Waals surface area contributed by atoms with E-state index in [2.05, 4.69) is 15.6 Å². The van der Waals surface area contributed by atoms with Crippen molar-refractivity contribution in [1.82, 2.24) is 4.98 Å². The number of carbonyl (C=O) groups excluding carboxylic acids is 1. The number of aryl methyl sites for hydroxylation is 1. The van der Waals surface area contributed by atoms with Gasteiger partial charge in [0.2, 0.25) is 0 Å². The van der Waals surface area contributed by atoms with E-state index < -0.39 is 0 Å². The molecule has 0 atom stereocenters. The van der Waals surface area contributed by atoms with Crippen molar-refractivity contribution in [3.63, 3.8) is 0 Å². The zero-order valence-corrected chi connectivity index (χ0v) is 14.1. The number of nitrogens with zero attached hydrogens (tertiary/aromatic N) is 1. The Morgan fingerprint density at radius 3 is 2.56 bits per heavy atom. The van der Waals surface area contributed by atoms with E-state index in [4.69, 9.17) is 4.74 Å². The van der Waals surface area contributed by atoms with Crippen LogP contribution in [0.3, 0.4) is 0 Å². The van der Waals surface area contributed by atoms with Crippen molar-refractivity contribution in [2.45, 2.75) is 6.92 Å². The van der Waals surface area contributed by atoms with Crippen LogP contribution in [0, 0.1) is 6.92 Å². The van der Waals surface area contributed by atoms with Gasteiger partial charge in [-0.25, -0.2) is 4.98 Å². The Bertz CT molecular complexity index is 876. The van der Waals surface area contributed by atoms with Crippen LogP contribution in [0.5, 0.6) is 5.75 Å². The summed E-state index contributed by atoms with van der Waals surface area (Å²) in [7, 11) is 1.59. The smallest absolute Gasteiger partial charge is 0.274 e. The molecule has 126 valence electrons. The van der Waals surface area contributed by atoms with Gasteiger partial charge in [0.05, 0.1) is 19.0 Å². The topological polar surface area (TPSA) is 63.2 Å². The second-order valence-electron chi connectivity index (χ2n) is 5.56. The number of amides is 1. The summed E-state index contributed by atoms with van der Waals surface area (Å²) < 4.78 is 5.15. The first-order valence-electron chi connectivity index (χ1n) is 7.90. The van der Waals surface area contributed by atoms with Crippen molar-refractivity contribution >= 4 is 23.0 Å². The molecule has 3 rings (SSSR count). The molecule has 0 aliphatic rings. The molecule has 2 aromatic carbocycles. The molecule has 1 amide bonds. The van der Waals surface area contributed by atoms with Crippen LogP contribution in [-0.4, -0.2) is 18.0 Å². The van der Waals surface area contributed by atoms with E-state index in [0.717, 1.165) is 16.9 Å². The van der Waals surface area contributed by atoms with Gasteiger partial charge in [-0.2, -0.15) is 0 Å². The minimum Gasteiger partial charge on any atom is -0.497 e. The quantitative estimate of drug-likeness (QED) is 0.727. The van der Waals surface area contributed by atoms with Crippen molar-refractivity contribution in [3.05, 3.63) is 78.1 Å². The highest BCUT2D eigenvalue weighted by Gasteiger charge is 2.08. The number of hydrogen-bond donors (Lipinski definition) is 2. The molecule has 25 heavy (non-hydrogen) atoms. The van der Waals surface area contributed by atoms with Crippen molar-refractivity contribution in [3.8, 4) is 5.75 Å². The Labute approximate surface area is 146 Å². The molecule has 0 saturated carbocycles. The van der Waals surface area contributed by atoms with Gasteiger partial charge in [-0.05, 0) is 42.8 Å². The molecule has 1 aromatic heterocycles. The molecule has 0 aliphatic heterocycles. The monoisotopic (exact) mass is 333 g/mol. The number of aromatic nitrogens is 1. The van der Waals surface area contributed by atoms with Crippen LogP contribution >= 0.6 is 0 Å². The van der Waals surface area contributed by atoms with Crippen LogP contribution in [-0.2, 0) is 0 Å². The molecule has 3 aromatic rings. The van der Waals surface area contributed by atoms with Crippen molar-refractivity contribution in [2.75, 3.05) is 17.7 Å². The Kier molecular flexibility index (Phi) is 4.95. The van der Waals surface area contributed by atoms with Crippen LogP contribution in [0.1, 0.15) is 16.1 Å². The maximum atomic E-state index is 12.3. The number of para-hydroxylation sites is 1. The lowest BCUT2D eigenvalue weighted by Crippen LogP contribution is -2.13. The lowest BCUT2D eigenvalue weighted by atomic mass is 10.2. The van der Waals surface area contributed by atoms with Crippen LogP contribution in [0.15, 0.2) is 66.9 Å². The molecule has 0 spiro atoms. The van der Waals surface area contributed by atoms with E-state index in [1.54, 1.807) is 31.5 Å². The summed E-state index contributed by atoms with van der Waals surface area (Å²) in [5.74, 6) is 0.416. The highest BCUT2D eigenvalue weighted by molar-refractivity contribution is 6.03. The zero-order chi connectivity index (χ0) is 17.6. The lowest BCUT2D eigenvalue weighted by molar-refractivity contribution is 0.102. The molecule has 0 aliphatic carbocycles. The van der Waals surface area contributed by atoms with E-state index in [-0.39, 0.29) is 5.91 Å². The summed E-state index contributed by atoms with van der Waals surface area (Å²) in [6, 6.07) is 18.7. The van der Waals surface area contributed by atoms with Crippen molar-refractivity contribution in [2.24, 2.45) is 0 Å². The summed E-state index contributed by atoms with van der Waals surface area (Å²) in [6.07, 6.45) is 1.65. The zero-order valence-electron chi connectivity index (χ0n) is 14.1. The maximum absolute atomic E-state index is 12.3. The first-order valence-corrected chi connectivity index (χ1v) is 7.90. The fourth-order valence-electron chi connectivity index (χ4n) is 2.37. The summed E-state index contributed by atoms with van der Waals surface area (Å²) in [4.78, 5) is 16.5. The van der Waals surface area contributed by atoms with E-state index in [9.17, 15) is 4.79 Å². The number of benzene rings is 2. The van der Waals surface area contributed by atoms with E-state index in [0.29, 0.717) is 17.1 Å². The van der Waals surface area contributed by atoms with E-state index in [1.165, 1.54) is 0 Å². The standard InChI is InChI=1S/C20H19N3O2/c1-14-6-3-4-9-18(14)22-16-10-11-19(21-13-16)20(24)23-15-7-5-8-17(12-15)25-2/h3-13,22H,1-2H3,(H,23,24). The first-order chi connectivity index (χ1) is 12.2. The number of carbonyl (C=O) groups is 1. The Morgan fingerprint density at radius 2 is 1.84 bits per heavy atom. The van der Waals surface area contributed by atoms with Gasteiger partial charge in [0, 0.05) is 17.4 Å². The van der Waals surface area contributed by atoms with Gasteiger partial charge in [-0.3, -0.25) is 4.79 Å². The average molecular weight is 333 g/mol. The van der Waals surface area contributed by atoms with Crippen LogP contribution < -0.4 is 15.4 Å². The predicted molar refractivity (Wildman–Crippen MR) is 99.6 cm³/mol. The highest BCUT2D eigenvalue weighted by Crippen LogP contribution is 2.20. The SMILES string of the molecule is COc1cccc(NC(=O)c2ccc(Nc3ccccc3C)cn2)c1. The predicted octanol–water partition coefficient (Wildman–Crippen LogP) is 4.39. The van der Waals surface area contributed by atoms with E-state index in [1.807, 2.05) is 49.4 Å². The number of ether oxygens (including phenoxy) is 1. The summed E-state index contributed by atoms with van der Waals surface area (Å²) >= 11 is 0. The number of hydrogen-bond acceptors (Lipinski definition) is 4. The largest absolute Gasteiger partial charge is 0.497 e. The Balaban J connectivity index is 1.69. The third-order valence-corrected chi connectivity index (χ3v) is 3.75. The molecule has 5 nitrogen and oxygen atoms in total. The van der Waals surface area contributed by atoms with Gasteiger partial charge in [-0.15, -0.1) is 0 Å². The fourth-order valence-corrected chi connectivity index (χ4v) is 2.37. The third kappa shape index (κ3) is 4.14. The average Bonchev–Trinajstić information content (AvgIpc) is 2.64. The highest BCUT2D eigenvalue weighted by atomic mass is 16.5. The van der Waals surface area contributed by atoms with Crippen LogP contribution in [0.2, 0.25) is 0 Å². The molecular formula is C20H19N3O2. The number of rotatable bonds is 5. The molecule has 0 saturated heterocycles. The normalized spacial score (nSPS) is 10.2. The molecule has 2 N–H and O–H groups in total. The second-order valence-corrected chi connectivity index (χ2v) is 5.56. The van der Waals surface area contributed by atoms with Gasteiger partial charge in [0.1, 0.15) is 11.4 Å². The molecule has 5 heteroatoms. The summed E-state index contributed by atoms with van der Waals surface area (Å²) in [6.45, 7) is 2.03. The van der Waals surface area contributed by atoms with Crippen LogP contribution in [0.25, 0.3) is 0 Å². The number of nitrogens with one attached hydrogen (secondary N) is 2. The van der Waals surface area contributed by atoms with Crippen molar-refractivity contribution < 1.29 is 9.53 Å². The van der Waals surface area contributed by atoms with Crippen molar-refractivity contribution in [1.29, 1.82) is 0 Å². The van der Waals surface area contributed by atoms with E-state index >= 15 is 0 Å². The third-order valence-electron chi connectivity index (χ3n) is 3.75. The maximum Gasteiger partial charge on any atom is 0.274 e. The molecular weight excluding hydrogens is 314 g/mol. The molecule has 0 unspecified atom stereocenters. The van der Waals surface area contributed by atoms with Gasteiger partial charge in [-0.1, -0.05) is 24.3 Å². The molecule has 0 bridgehead atoms.